The normalized spacial score (nSPS) is 12.7. The fraction of sp³-hybridized carbons (Fsp3) is 0.0172. The zero-order chi connectivity index (χ0) is 40.3. The zero-order valence-corrected chi connectivity index (χ0v) is 33.2. The van der Waals surface area contributed by atoms with Gasteiger partial charge in [-0.2, -0.15) is 0 Å². The van der Waals surface area contributed by atoms with Gasteiger partial charge in [0.15, 0.2) is 17.5 Å². The van der Waals surface area contributed by atoms with E-state index < -0.39 is 0 Å². The van der Waals surface area contributed by atoms with E-state index in [2.05, 4.69) is 206 Å². The van der Waals surface area contributed by atoms with Crippen molar-refractivity contribution in [3.8, 4) is 89.8 Å². The monoisotopic (exact) mass is 775 g/mol. The highest BCUT2D eigenvalue weighted by Gasteiger charge is 2.51. The second kappa shape index (κ2) is 14.1. The van der Waals surface area contributed by atoms with Crippen LogP contribution in [-0.4, -0.2) is 15.0 Å². The molecular formula is C58H37N3. The van der Waals surface area contributed by atoms with Gasteiger partial charge in [-0.3, -0.25) is 0 Å². The van der Waals surface area contributed by atoms with Crippen LogP contribution in [-0.2, 0) is 5.41 Å². The Labute approximate surface area is 355 Å². The molecule has 0 saturated carbocycles. The smallest absolute Gasteiger partial charge is 0.164 e. The molecule has 0 aliphatic heterocycles. The SMILES string of the molecule is c1ccc(-c2cc(-c3ccccc3)cc(-c3nc(-c4ccccc4)nc(-c4ccc(-c5cccc6c5-c5ccccc5C65c6ccccc6-c6ccccc65)cc4)n3)c2)cc1. The topological polar surface area (TPSA) is 38.7 Å². The van der Waals surface area contributed by atoms with Gasteiger partial charge in [0.25, 0.3) is 0 Å². The highest BCUT2D eigenvalue weighted by Crippen LogP contribution is 2.63. The van der Waals surface area contributed by atoms with Crippen molar-refractivity contribution in [3.63, 3.8) is 0 Å². The molecule has 1 aromatic heterocycles. The van der Waals surface area contributed by atoms with Gasteiger partial charge in [-0.05, 0) is 96.1 Å². The average molecular weight is 776 g/mol. The van der Waals surface area contributed by atoms with Crippen molar-refractivity contribution in [2.24, 2.45) is 0 Å². The maximum atomic E-state index is 5.23. The van der Waals surface area contributed by atoms with Gasteiger partial charge < -0.3 is 0 Å². The van der Waals surface area contributed by atoms with Gasteiger partial charge in [0.1, 0.15) is 0 Å². The highest BCUT2D eigenvalue weighted by atomic mass is 15.0. The molecular weight excluding hydrogens is 739 g/mol. The third-order valence-corrected chi connectivity index (χ3v) is 12.5. The van der Waals surface area contributed by atoms with Gasteiger partial charge >= 0.3 is 0 Å². The summed E-state index contributed by atoms with van der Waals surface area (Å²) in [7, 11) is 0. The van der Waals surface area contributed by atoms with E-state index in [1.807, 2.05) is 18.2 Å². The number of aromatic nitrogens is 3. The minimum atomic E-state index is -0.387. The van der Waals surface area contributed by atoms with Gasteiger partial charge in [0.05, 0.1) is 5.41 Å². The van der Waals surface area contributed by atoms with Gasteiger partial charge in [-0.1, -0.05) is 206 Å². The molecule has 0 N–H and O–H groups in total. The van der Waals surface area contributed by atoms with Crippen LogP contribution in [0.4, 0.5) is 0 Å². The van der Waals surface area contributed by atoms with Gasteiger partial charge in [-0.25, -0.2) is 15.0 Å². The summed E-state index contributed by atoms with van der Waals surface area (Å²) in [5, 5.41) is 0. The first-order valence-electron chi connectivity index (χ1n) is 20.9. The summed E-state index contributed by atoms with van der Waals surface area (Å²) in [6.07, 6.45) is 0. The Morgan fingerprint density at radius 1 is 0.230 bits per heavy atom. The Hall–Kier alpha value is -8.01. The Bertz CT molecular complexity index is 3180. The third kappa shape index (κ3) is 5.55. The molecule has 0 unspecified atom stereocenters. The second-order valence-electron chi connectivity index (χ2n) is 15.9. The van der Waals surface area contributed by atoms with E-state index in [1.165, 1.54) is 50.1 Å². The van der Waals surface area contributed by atoms with Crippen LogP contribution < -0.4 is 0 Å². The van der Waals surface area contributed by atoms with E-state index in [1.54, 1.807) is 0 Å². The Kier molecular flexibility index (Phi) is 8.07. The molecule has 0 fully saturated rings. The third-order valence-electron chi connectivity index (χ3n) is 12.5. The Morgan fingerprint density at radius 2 is 0.590 bits per heavy atom. The molecule has 284 valence electrons. The lowest BCUT2D eigenvalue weighted by atomic mass is 9.70. The minimum absolute atomic E-state index is 0.387. The summed E-state index contributed by atoms with van der Waals surface area (Å²) in [5.41, 5.74) is 19.8. The number of nitrogens with zero attached hydrogens (tertiary/aromatic N) is 3. The van der Waals surface area contributed by atoms with Crippen LogP contribution in [0.3, 0.4) is 0 Å². The largest absolute Gasteiger partial charge is 0.208 e. The van der Waals surface area contributed by atoms with Crippen LogP contribution in [0.25, 0.3) is 89.8 Å². The summed E-state index contributed by atoms with van der Waals surface area (Å²) in [5.74, 6) is 1.89. The van der Waals surface area contributed by atoms with Crippen LogP contribution in [0.15, 0.2) is 224 Å². The number of hydrogen-bond acceptors (Lipinski definition) is 3. The molecule has 0 radical (unpaired) electrons. The van der Waals surface area contributed by atoms with Crippen molar-refractivity contribution in [1.82, 2.24) is 15.0 Å². The summed E-state index contributed by atoms with van der Waals surface area (Å²) < 4.78 is 0. The summed E-state index contributed by atoms with van der Waals surface area (Å²) in [4.78, 5) is 15.5. The molecule has 9 aromatic carbocycles. The quantitative estimate of drug-likeness (QED) is 0.169. The number of rotatable bonds is 6. The predicted octanol–water partition coefficient (Wildman–Crippen LogP) is 14.2. The molecule has 0 bridgehead atoms. The summed E-state index contributed by atoms with van der Waals surface area (Å²) in [6.45, 7) is 0. The lowest BCUT2D eigenvalue weighted by Gasteiger charge is -2.30. The van der Waals surface area contributed by atoms with Gasteiger partial charge in [0, 0.05) is 16.7 Å². The molecule has 0 saturated heterocycles. The molecule has 0 atom stereocenters. The van der Waals surface area contributed by atoms with E-state index in [0.29, 0.717) is 17.5 Å². The van der Waals surface area contributed by atoms with Crippen LogP contribution in [0.2, 0.25) is 0 Å². The lowest BCUT2D eigenvalue weighted by Crippen LogP contribution is -2.25. The fourth-order valence-electron chi connectivity index (χ4n) is 9.88. The maximum absolute atomic E-state index is 5.23. The molecule has 1 heterocycles. The molecule has 61 heavy (non-hydrogen) atoms. The van der Waals surface area contributed by atoms with Crippen molar-refractivity contribution in [2.45, 2.75) is 5.41 Å². The molecule has 3 nitrogen and oxygen atoms in total. The standard InChI is InChI=1S/C58H37N3/c1-4-17-38(18-5-1)43-35-44(39-19-6-2-7-20-39)37-45(36-43)57-60-55(41-21-8-3-9-22-41)59-56(61-57)42-33-31-40(32-34-42)46-26-16-30-53-54(46)49-25-12-15-29-52(49)58(53)50-27-13-10-23-47(50)48-24-11-14-28-51(48)58/h1-37H. The lowest BCUT2D eigenvalue weighted by molar-refractivity contribution is 0.794. The van der Waals surface area contributed by atoms with Crippen LogP contribution in [0.5, 0.6) is 0 Å². The zero-order valence-electron chi connectivity index (χ0n) is 33.2. The van der Waals surface area contributed by atoms with E-state index in [0.717, 1.165) is 44.5 Å². The molecule has 2 aliphatic rings. The molecule has 12 rings (SSSR count). The van der Waals surface area contributed by atoms with Gasteiger partial charge in [-0.15, -0.1) is 0 Å². The first-order valence-corrected chi connectivity index (χ1v) is 20.9. The maximum Gasteiger partial charge on any atom is 0.164 e. The van der Waals surface area contributed by atoms with E-state index in [9.17, 15) is 0 Å². The predicted molar refractivity (Wildman–Crippen MR) is 249 cm³/mol. The summed E-state index contributed by atoms with van der Waals surface area (Å²) in [6, 6.07) is 80.4. The molecule has 3 heteroatoms. The summed E-state index contributed by atoms with van der Waals surface area (Å²) >= 11 is 0. The highest BCUT2D eigenvalue weighted by molar-refractivity contribution is 6.00. The van der Waals surface area contributed by atoms with Crippen molar-refractivity contribution < 1.29 is 0 Å². The molecule has 1 spiro atoms. The number of fused-ring (bicyclic) bond motifs is 10. The number of benzene rings is 9. The van der Waals surface area contributed by atoms with Crippen LogP contribution >= 0.6 is 0 Å². The first kappa shape index (κ1) is 35.0. The van der Waals surface area contributed by atoms with Gasteiger partial charge in [0.2, 0.25) is 0 Å². The average Bonchev–Trinajstić information content (AvgIpc) is 3.82. The number of hydrogen-bond donors (Lipinski definition) is 0. The van der Waals surface area contributed by atoms with E-state index in [-0.39, 0.29) is 5.41 Å². The minimum Gasteiger partial charge on any atom is -0.208 e. The Morgan fingerprint density at radius 3 is 1.13 bits per heavy atom. The van der Waals surface area contributed by atoms with Crippen molar-refractivity contribution >= 4 is 0 Å². The fourth-order valence-corrected chi connectivity index (χ4v) is 9.88. The van der Waals surface area contributed by atoms with Crippen molar-refractivity contribution in [1.29, 1.82) is 0 Å². The van der Waals surface area contributed by atoms with E-state index in [4.69, 9.17) is 15.0 Å². The second-order valence-corrected chi connectivity index (χ2v) is 15.9. The molecule has 2 aliphatic carbocycles. The van der Waals surface area contributed by atoms with Crippen LogP contribution in [0, 0.1) is 0 Å². The van der Waals surface area contributed by atoms with Crippen molar-refractivity contribution in [3.05, 3.63) is 247 Å². The molecule has 0 amide bonds. The first-order chi connectivity index (χ1) is 30.2. The Balaban J connectivity index is 1.00. The molecule has 10 aromatic rings. The van der Waals surface area contributed by atoms with Crippen LogP contribution in [0.1, 0.15) is 22.3 Å². The van der Waals surface area contributed by atoms with Crippen molar-refractivity contribution in [2.75, 3.05) is 0 Å². The van der Waals surface area contributed by atoms with E-state index >= 15 is 0 Å².